The van der Waals surface area contributed by atoms with Crippen molar-refractivity contribution >= 4 is 25.6 Å². The number of nitrogens with two attached hydrogens (primary N) is 1. The first-order valence-electron chi connectivity index (χ1n) is 2.82. The lowest BCUT2D eigenvalue weighted by Crippen LogP contribution is -2.12. The van der Waals surface area contributed by atoms with E-state index in [-0.39, 0.29) is 7.69 Å². The summed E-state index contributed by atoms with van der Waals surface area (Å²) in [6.07, 6.45) is 4.71. The van der Waals surface area contributed by atoms with Crippen molar-refractivity contribution in [3.8, 4) is 0 Å². The van der Waals surface area contributed by atoms with Gasteiger partial charge in [-0.1, -0.05) is 0 Å². The van der Waals surface area contributed by atoms with Crippen LogP contribution in [0.3, 0.4) is 0 Å². The minimum atomic E-state index is -0.454. The molecule has 0 atom stereocenters. The van der Waals surface area contributed by atoms with Gasteiger partial charge in [0.25, 0.3) is 5.91 Å². The molecule has 0 fully saturated rings. The number of allylic oxidation sites excluding steroid dienone is 2. The molecule has 0 aromatic heterocycles. The van der Waals surface area contributed by atoms with Crippen LogP contribution in [0, 0.1) is 0 Å². The monoisotopic (exact) mass is 188 g/mol. The molecule has 12 heavy (non-hydrogen) atoms. The molecular weight excluding hydrogens is 181 g/mol. The van der Waals surface area contributed by atoms with Gasteiger partial charge in [0, 0.05) is 0 Å². The average Bonchev–Trinajstić information content (AvgIpc) is 2.07. The summed E-state index contributed by atoms with van der Waals surface area (Å²) in [6, 6.07) is 0. The predicted octanol–water partition coefficient (Wildman–Crippen LogP) is -0.947. The Bertz CT molecular complexity index is 206. The van der Waals surface area contributed by atoms with Crippen molar-refractivity contribution in [2.24, 2.45) is 5.73 Å². The van der Waals surface area contributed by atoms with Gasteiger partial charge in [0.15, 0.2) is 0 Å². The molecule has 1 radical (unpaired) electrons. The summed E-state index contributed by atoms with van der Waals surface area (Å²) in [6.45, 7) is 0. The smallest absolute Gasteiger partial charge is 0.429 e. The Balaban J connectivity index is 0.000000354. The molecule has 1 rings (SSSR count). The van der Waals surface area contributed by atoms with Gasteiger partial charge in [0.1, 0.15) is 11.2 Å². The molecule has 0 aliphatic carbocycles. The Kier molecular flexibility index (Phi) is 6.26. The molecule has 0 unspecified atom stereocenters. The SMILES string of the molecule is NC(=O)C1=CC=COS1.O[B]O. The molecular formula is C5H7BNO4S. The lowest BCUT2D eigenvalue weighted by Gasteiger charge is -2.02. The van der Waals surface area contributed by atoms with Crippen molar-refractivity contribution in [2.45, 2.75) is 0 Å². The van der Waals surface area contributed by atoms with Crippen molar-refractivity contribution in [3.63, 3.8) is 0 Å². The number of rotatable bonds is 1. The Morgan fingerprint density at radius 2 is 2.25 bits per heavy atom. The highest BCUT2D eigenvalue weighted by atomic mass is 32.2. The first-order valence-corrected chi connectivity index (χ1v) is 3.56. The van der Waals surface area contributed by atoms with E-state index in [1.54, 1.807) is 12.2 Å². The maximum Gasteiger partial charge on any atom is 0.482 e. The summed E-state index contributed by atoms with van der Waals surface area (Å²) in [5.74, 6) is -0.454. The van der Waals surface area contributed by atoms with E-state index in [2.05, 4.69) is 0 Å². The highest BCUT2D eigenvalue weighted by molar-refractivity contribution is 7.99. The molecule has 0 saturated carbocycles. The molecule has 0 aromatic rings. The molecule has 65 valence electrons. The van der Waals surface area contributed by atoms with E-state index in [0.717, 1.165) is 12.0 Å². The largest absolute Gasteiger partial charge is 0.482 e. The van der Waals surface area contributed by atoms with E-state index in [4.69, 9.17) is 20.0 Å². The molecule has 0 bridgehead atoms. The molecule has 1 amide bonds. The van der Waals surface area contributed by atoms with E-state index < -0.39 is 5.91 Å². The summed E-state index contributed by atoms with van der Waals surface area (Å²) in [5, 5.41) is 14.0. The standard InChI is InChI=1S/C5H5NO2S.BH2O2/c6-5(7)4-2-1-3-8-9-4;2-1-3/h1-3H,(H2,6,7);2-3H. The number of hydrogen-bond donors (Lipinski definition) is 3. The first-order chi connectivity index (χ1) is 5.72. The van der Waals surface area contributed by atoms with Crippen LogP contribution in [0.15, 0.2) is 23.3 Å². The van der Waals surface area contributed by atoms with Crippen molar-refractivity contribution in [1.29, 1.82) is 0 Å². The summed E-state index contributed by atoms with van der Waals surface area (Å²) >= 11 is 0.971. The zero-order valence-electron chi connectivity index (χ0n) is 6.01. The van der Waals surface area contributed by atoms with Crippen LogP contribution in [0.2, 0.25) is 0 Å². The van der Waals surface area contributed by atoms with Gasteiger partial charge in [-0.3, -0.25) is 4.79 Å². The second-order valence-electron chi connectivity index (χ2n) is 1.52. The van der Waals surface area contributed by atoms with E-state index >= 15 is 0 Å². The predicted molar refractivity (Wildman–Crippen MR) is 45.3 cm³/mol. The Morgan fingerprint density at radius 1 is 1.67 bits per heavy atom. The van der Waals surface area contributed by atoms with Crippen LogP contribution in [0.25, 0.3) is 0 Å². The van der Waals surface area contributed by atoms with Gasteiger partial charge >= 0.3 is 7.69 Å². The highest BCUT2D eigenvalue weighted by Crippen LogP contribution is 2.19. The molecule has 0 spiro atoms. The van der Waals surface area contributed by atoms with E-state index in [0.29, 0.717) is 4.91 Å². The zero-order valence-corrected chi connectivity index (χ0v) is 6.82. The van der Waals surface area contributed by atoms with Gasteiger partial charge in [0.2, 0.25) is 0 Å². The molecule has 1 heterocycles. The Labute approximate surface area is 74.4 Å². The third kappa shape index (κ3) is 4.83. The first kappa shape index (κ1) is 11.1. The summed E-state index contributed by atoms with van der Waals surface area (Å²) < 4.78 is 4.71. The van der Waals surface area contributed by atoms with E-state index in [1.807, 2.05) is 0 Å². The second-order valence-corrected chi connectivity index (χ2v) is 2.32. The number of carbonyl (C=O) groups is 1. The molecule has 4 N–H and O–H groups in total. The van der Waals surface area contributed by atoms with Crippen LogP contribution in [-0.4, -0.2) is 23.6 Å². The van der Waals surface area contributed by atoms with Gasteiger partial charge in [-0.05, 0) is 12.2 Å². The van der Waals surface area contributed by atoms with Crippen LogP contribution in [0.5, 0.6) is 0 Å². The van der Waals surface area contributed by atoms with Crippen LogP contribution in [0.1, 0.15) is 0 Å². The molecule has 0 aromatic carbocycles. The van der Waals surface area contributed by atoms with E-state index in [9.17, 15) is 4.79 Å². The average molecular weight is 188 g/mol. The second kappa shape index (κ2) is 6.77. The molecule has 1 aliphatic heterocycles. The number of amides is 1. The fourth-order valence-electron chi connectivity index (χ4n) is 0.389. The van der Waals surface area contributed by atoms with Crippen LogP contribution >= 0.6 is 12.0 Å². The Hall–Kier alpha value is -0.915. The van der Waals surface area contributed by atoms with Gasteiger partial charge in [-0.25, -0.2) is 0 Å². The van der Waals surface area contributed by atoms with Gasteiger partial charge in [-0.2, -0.15) is 0 Å². The lowest BCUT2D eigenvalue weighted by atomic mass is 10.4. The molecule has 1 aliphatic rings. The molecule has 5 nitrogen and oxygen atoms in total. The summed E-state index contributed by atoms with van der Waals surface area (Å²) in [5.41, 5.74) is 4.93. The zero-order chi connectivity index (χ0) is 9.40. The lowest BCUT2D eigenvalue weighted by molar-refractivity contribution is -0.113. The minimum absolute atomic E-state index is 0. The number of carbonyl (C=O) groups excluding carboxylic acids is 1. The van der Waals surface area contributed by atoms with Gasteiger partial charge < -0.3 is 20.0 Å². The summed E-state index contributed by atoms with van der Waals surface area (Å²) in [4.78, 5) is 10.8. The summed E-state index contributed by atoms with van der Waals surface area (Å²) in [7, 11) is 0. The molecule has 0 saturated heterocycles. The van der Waals surface area contributed by atoms with Crippen molar-refractivity contribution in [2.75, 3.05) is 0 Å². The fourth-order valence-corrected chi connectivity index (χ4v) is 0.829. The van der Waals surface area contributed by atoms with Gasteiger partial charge in [-0.15, -0.1) is 0 Å². The third-order valence-electron chi connectivity index (χ3n) is 0.762. The van der Waals surface area contributed by atoms with Crippen LogP contribution < -0.4 is 5.73 Å². The van der Waals surface area contributed by atoms with Crippen molar-refractivity contribution < 1.29 is 19.0 Å². The van der Waals surface area contributed by atoms with Gasteiger partial charge in [0.05, 0.1) is 12.0 Å². The minimum Gasteiger partial charge on any atom is -0.429 e. The van der Waals surface area contributed by atoms with Crippen molar-refractivity contribution in [1.82, 2.24) is 0 Å². The van der Waals surface area contributed by atoms with Crippen LogP contribution in [0.4, 0.5) is 0 Å². The van der Waals surface area contributed by atoms with Crippen molar-refractivity contribution in [3.05, 3.63) is 23.3 Å². The maximum absolute atomic E-state index is 10.4. The quantitative estimate of drug-likeness (QED) is 0.364. The number of hydrogen-bond acceptors (Lipinski definition) is 5. The number of primary amides is 1. The molecule has 7 heteroatoms. The maximum atomic E-state index is 10.4. The normalized spacial score (nSPS) is 13.3. The Morgan fingerprint density at radius 3 is 2.50 bits per heavy atom. The van der Waals surface area contributed by atoms with E-state index in [1.165, 1.54) is 6.26 Å². The van der Waals surface area contributed by atoms with Crippen LogP contribution in [-0.2, 0) is 8.98 Å². The third-order valence-corrected chi connectivity index (χ3v) is 1.49. The highest BCUT2D eigenvalue weighted by Gasteiger charge is 2.06. The topological polar surface area (TPSA) is 92.8 Å². The fraction of sp³-hybridized carbons (Fsp3) is 0.